The molecule has 0 spiro atoms. The van der Waals surface area contributed by atoms with Crippen molar-refractivity contribution in [1.29, 1.82) is 0 Å². The van der Waals surface area contributed by atoms with Crippen molar-refractivity contribution >= 4 is 17.7 Å². The molecule has 0 unspecified atom stereocenters. The van der Waals surface area contributed by atoms with Gasteiger partial charge < -0.3 is 17.0 Å². The molecule has 25 heavy (non-hydrogen) atoms. The van der Waals surface area contributed by atoms with Gasteiger partial charge in [-0.2, -0.15) is 0 Å². The van der Waals surface area contributed by atoms with E-state index in [1.165, 1.54) is 51.2 Å². The highest BCUT2D eigenvalue weighted by molar-refractivity contribution is 5.81. The molecular weight excluding hydrogens is 372 g/mol. The lowest BCUT2D eigenvalue weighted by molar-refractivity contribution is -0.441. The van der Waals surface area contributed by atoms with Gasteiger partial charge >= 0.3 is 0 Å². The first-order chi connectivity index (χ1) is 11.4. The summed E-state index contributed by atoms with van der Waals surface area (Å²) >= 11 is 0. The van der Waals surface area contributed by atoms with Crippen LogP contribution in [0.25, 0.3) is 0 Å². The van der Waals surface area contributed by atoms with Crippen molar-refractivity contribution in [2.45, 2.75) is 48.0 Å². The third kappa shape index (κ3) is 3.98. The molecule has 2 aromatic carbocycles. The van der Waals surface area contributed by atoms with Crippen LogP contribution in [0.5, 0.6) is 0 Å². The minimum Gasteiger partial charge on any atom is -1.00 e. The normalized spacial score (nSPS) is 14.2. The maximum absolute atomic E-state index is 2.44. The number of benzene rings is 2. The predicted octanol–water partition coefficient (Wildman–Crippen LogP) is 2.12. The molecule has 0 saturated heterocycles. The molecular formula is C22H29BrN2. The van der Waals surface area contributed by atoms with E-state index in [0.29, 0.717) is 0 Å². The van der Waals surface area contributed by atoms with Gasteiger partial charge in [-0.15, -0.1) is 0 Å². The van der Waals surface area contributed by atoms with Crippen LogP contribution in [0.4, 0.5) is 11.4 Å². The molecule has 0 fully saturated rings. The monoisotopic (exact) mass is 400 g/mol. The van der Waals surface area contributed by atoms with Gasteiger partial charge in [-0.25, -0.2) is 9.48 Å². The Labute approximate surface area is 163 Å². The number of aryl methyl sites for hydroxylation is 6. The van der Waals surface area contributed by atoms with Crippen molar-refractivity contribution in [1.82, 2.24) is 0 Å². The summed E-state index contributed by atoms with van der Waals surface area (Å²) in [6.45, 7) is 15.4. The Hall–Kier alpha value is -1.61. The first-order valence-corrected chi connectivity index (χ1v) is 8.91. The van der Waals surface area contributed by atoms with E-state index in [9.17, 15) is 0 Å². The van der Waals surface area contributed by atoms with Gasteiger partial charge in [0.15, 0.2) is 0 Å². The smallest absolute Gasteiger partial charge is 0.244 e. The van der Waals surface area contributed by atoms with Crippen LogP contribution >= 0.6 is 0 Å². The third-order valence-electron chi connectivity index (χ3n) is 4.92. The first kappa shape index (κ1) is 19.7. The molecule has 3 heteroatoms. The van der Waals surface area contributed by atoms with E-state index in [-0.39, 0.29) is 17.0 Å². The van der Waals surface area contributed by atoms with Crippen molar-refractivity contribution in [2.75, 3.05) is 18.0 Å². The Morgan fingerprint density at radius 1 is 0.760 bits per heavy atom. The highest BCUT2D eigenvalue weighted by Crippen LogP contribution is 2.29. The van der Waals surface area contributed by atoms with E-state index in [4.69, 9.17) is 0 Å². The predicted molar refractivity (Wildman–Crippen MR) is 104 cm³/mol. The van der Waals surface area contributed by atoms with Crippen LogP contribution in [0.3, 0.4) is 0 Å². The summed E-state index contributed by atoms with van der Waals surface area (Å²) in [4.78, 5) is 2.44. The molecule has 0 radical (unpaired) electrons. The van der Waals surface area contributed by atoms with Crippen molar-refractivity contribution in [2.24, 2.45) is 0 Å². The second-order valence-electron chi connectivity index (χ2n) is 7.35. The zero-order chi connectivity index (χ0) is 17.4. The van der Waals surface area contributed by atoms with Crippen LogP contribution in [0.1, 0.15) is 39.8 Å². The van der Waals surface area contributed by atoms with Gasteiger partial charge in [0, 0.05) is 6.42 Å². The summed E-state index contributed by atoms with van der Waals surface area (Å²) in [5.74, 6) is 0. The van der Waals surface area contributed by atoms with Gasteiger partial charge in [-0.3, -0.25) is 0 Å². The summed E-state index contributed by atoms with van der Waals surface area (Å²) in [6.07, 6.45) is 3.49. The zero-order valence-corrected chi connectivity index (χ0v) is 17.9. The van der Waals surface area contributed by atoms with Gasteiger partial charge in [0.25, 0.3) is 0 Å². The number of anilines is 1. The lowest BCUT2D eigenvalue weighted by atomic mass is 10.0. The minimum atomic E-state index is 0. The highest BCUT2D eigenvalue weighted by Gasteiger charge is 2.24. The van der Waals surface area contributed by atoms with Crippen molar-refractivity contribution in [3.05, 3.63) is 57.6 Å². The Bertz CT molecular complexity index is 775. The van der Waals surface area contributed by atoms with Crippen molar-refractivity contribution < 1.29 is 21.6 Å². The minimum absolute atomic E-state index is 0. The second kappa shape index (κ2) is 7.74. The van der Waals surface area contributed by atoms with E-state index in [2.05, 4.69) is 81.6 Å². The van der Waals surface area contributed by atoms with E-state index >= 15 is 0 Å². The van der Waals surface area contributed by atoms with Gasteiger partial charge in [0.05, 0.1) is 13.1 Å². The van der Waals surface area contributed by atoms with Crippen LogP contribution < -0.4 is 21.9 Å². The maximum atomic E-state index is 2.44. The van der Waals surface area contributed by atoms with Crippen LogP contribution in [-0.4, -0.2) is 24.0 Å². The molecule has 1 aliphatic heterocycles. The molecule has 0 N–H and O–H groups in total. The molecule has 2 nitrogen and oxygen atoms in total. The Kier molecular flexibility index (Phi) is 6.10. The molecule has 1 heterocycles. The molecule has 0 saturated carbocycles. The maximum Gasteiger partial charge on any atom is 0.244 e. The van der Waals surface area contributed by atoms with E-state index < -0.39 is 0 Å². The van der Waals surface area contributed by atoms with E-state index in [0.717, 1.165) is 13.1 Å². The zero-order valence-electron chi connectivity index (χ0n) is 16.3. The molecule has 0 amide bonds. The van der Waals surface area contributed by atoms with E-state index in [1.807, 2.05) is 0 Å². The fraction of sp³-hybridized carbons (Fsp3) is 0.409. The number of hydrogen-bond donors (Lipinski definition) is 0. The highest BCUT2D eigenvalue weighted by atomic mass is 79.9. The van der Waals surface area contributed by atoms with E-state index in [1.54, 1.807) is 0 Å². The Balaban J connectivity index is 0.00000225. The fourth-order valence-corrected chi connectivity index (χ4v) is 4.29. The van der Waals surface area contributed by atoms with Crippen LogP contribution in [0, 0.1) is 41.5 Å². The van der Waals surface area contributed by atoms with Crippen LogP contribution in [0.15, 0.2) is 24.3 Å². The molecule has 0 aliphatic carbocycles. The summed E-state index contributed by atoms with van der Waals surface area (Å²) in [5.41, 5.74) is 10.9. The van der Waals surface area contributed by atoms with Crippen molar-refractivity contribution in [3.8, 4) is 0 Å². The Morgan fingerprint density at radius 3 is 1.76 bits per heavy atom. The Morgan fingerprint density at radius 2 is 1.24 bits per heavy atom. The molecule has 134 valence electrons. The third-order valence-corrected chi connectivity index (χ3v) is 4.92. The molecule has 0 bridgehead atoms. The van der Waals surface area contributed by atoms with Crippen LogP contribution in [-0.2, 0) is 0 Å². The van der Waals surface area contributed by atoms with Gasteiger partial charge in [0.1, 0.15) is 11.4 Å². The van der Waals surface area contributed by atoms with Gasteiger partial charge in [-0.05, 0) is 63.8 Å². The van der Waals surface area contributed by atoms with Crippen LogP contribution in [0.2, 0.25) is 0 Å². The first-order valence-electron chi connectivity index (χ1n) is 8.91. The van der Waals surface area contributed by atoms with Crippen molar-refractivity contribution in [3.63, 3.8) is 0 Å². The average molecular weight is 401 g/mol. The molecule has 0 atom stereocenters. The molecule has 2 aromatic rings. The molecule has 1 aliphatic rings. The largest absolute Gasteiger partial charge is 1.00 e. The number of halogens is 1. The van der Waals surface area contributed by atoms with Gasteiger partial charge in [0.2, 0.25) is 6.34 Å². The summed E-state index contributed by atoms with van der Waals surface area (Å²) in [5, 5.41) is 0. The average Bonchev–Trinajstić information content (AvgIpc) is 2.45. The number of hydrogen-bond acceptors (Lipinski definition) is 1. The quantitative estimate of drug-likeness (QED) is 0.699. The topological polar surface area (TPSA) is 6.25 Å². The summed E-state index contributed by atoms with van der Waals surface area (Å²) < 4.78 is 2.44. The molecule has 0 aromatic heterocycles. The molecule has 3 rings (SSSR count). The second-order valence-corrected chi connectivity index (χ2v) is 7.35. The fourth-order valence-electron chi connectivity index (χ4n) is 4.29. The number of nitrogens with zero attached hydrogens (tertiary/aromatic N) is 2. The lowest BCUT2D eigenvalue weighted by Gasteiger charge is -2.24. The SMILES string of the molecule is Cc1cc(C)c(N2C=[N+](c3c(C)cc(C)cc3C)CCC2)c(C)c1.[Br-]. The summed E-state index contributed by atoms with van der Waals surface area (Å²) in [6, 6.07) is 9.16. The lowest BCUT2D eigenvalue weighted by Crippen LogP contribution is -3.00. The summed E-state index contributed by atoms with van der Waals surface area (Å²) in [7, 11) is 0. The number of rotatable bonds is 2. The van der Waals surface area contributed by atoms with Gasteiger partial charge in [-0.1, -0.05) is 35.4 Å². The standard InChI is InChI=1S/C22H29N2.BrH/c1-15-10-17(3)21(18(4)11-15)23-8-7-9-24(14-23)22-19(5)12-16(2)13-20(22)6;/h10-14H,7-9H2,1-6H3;1H/q+1;/p-1.